The molecule has 4 rings (SSSR count). The first-order valence-electron chi connectivity index (χ1n) is 8.33. The van der Waals surface area contributed by atoms with E-state index in [-0.39, 0.29) is 6.42 Å². The molecule has 0 spiro atoms. The van der Waals surface area contributed by atoms with Gasteiger partial charge in [-0.15, -0.1) is 0 Å². The monoisotopic (exact) mass is 364 g/mol. The van der Waals surface area contributed by atoms with Crippen LogP contribution in [0.2, 0.25) is 0 Å². The molecule has 4 aromatic rings. The summed E-state index contributed by atoms with van der Waals surface area (Å²) in [6, 6.07) is 11.8. The fourth-order valence-corrected chi connectivity index (χ4v) is 3.02. The molecule has 0 unspecified atom stereocenters. The lowest BCUT2D eigenvalue weighted by Crippen LogP contribution is -2.11. The van der Waals surface area contributed by atoms with Crippen LogP contribution in [0.3, 0.4) is 0 Å². The van der Waals surface area contributed by atoms with Crippen LogP contribution in [0.25, 0.3) is 21.9 Å². The van der Waals surface area contributed by atoms with Gasteiger partial charge in [-0.25, -0.2) is 4.79 Å². The van der Waals surface area contributed by atoms with Crippen molar-refractivity contribution in [1.82, 2.24) is 0 Å². The van der Waals surface area contributed by atoms with E-state index in [0.717, 1.165) is 21.9 Å². The molecule has 0 fully saturated rings. The Hall–Kier alpha value is -3.54. The number of carbonyl (C=O) groups excluding carboxylic acids is 1. The summed E-state index contributed by atoms with van der Waals surface area (Å²) in [7, 11) is 1.58. The lowest BCUT2D eigenvalue weighted by atomic mass is 10.1. The zero-order chi connectivity index (χ0) is 19.0. The molecular weight excluding hydrogens is 348 g/mol. The molecule has 6 nitrogen and oxygen atoms in total. The van der Waals surface area contributed by atoms with Gasteiger partial charge in [-0.2, -0.15) is 0 Å². The first-order valence-corrected chi connectivity index (χ1v) is 8.33. The summed E-state index contributed by atoms with van der Waals surface area (Å²) < 4.78 is 21.2. The molecule has 0 saturated heterocycles. The molecule has 0 N–H and O–H groups in total. The van der Waals surface area contributed by atoms with Gasteiger partial charge in [-0.3, -0.25) is 4.79 Å². The van der Waals surface area contributed by atoms with E-state index >= 15 is 0 Å². The molecule has 0 aliphatic heterocycles. The molecule has 0 aliphatic rings. The highest BCUT2D eigenvalue weighted by Crippen LogP contribution is 2.27. The van der Waals surface area contributed by atoms with Crippen molar-refractivity contribution in [2.24, 2.45) is 0 Å². The van der Waals surface area contributed by atoms with E-state index in [1.165, 1.54) is 12.3 Å². The van der Waals surface area contributed by atoms with Gasteiger partial charge >= 0.3 is 11.6 Å². The third-order valence-electron chi connectivity index (χ3n) is 4.35. The van der Waals surface area contributed by atoms with E-state index in [1.54, 1.807) is 37.4 Å². The van der Waals surface area contributed by atoms with Crippen LogP contribution in [0, 0.1) is 6.92 Å². The maximum absolute atomic E-state index is 12.3. The Morgan fingerprint density at radius 3 is 2.56 bits per heavy atom. The number of esters is 1. The van der Waals surface area contributed by atoms with Crippen molar-refractivity contribution >= 4 is 27.9 Å². The van der Waals surface area contributed by atoms with Crippen LogP contribution in [0.5, 0.6) is 11.5 Å². The summed E-state index contributed by atoms with van der Waals surface area (Å²) in [5, 5.41) is 1.62. The molecule has 0 amide bonds. The molecule has 27 heavy (non-hydrogen) atoms. The van der Waals surface area contributed by atoms with E-state index in [0.29, 0.717) is 22.7 Å². The number of furan rings is 1. The number of ether oxygens (including phenoxy) is 2. The van der Waals surface area contributed by atoms with Gasteiger partial charge in [-0.05, 0) is 36.8 Å². The molecule has 6 heteroatoms. The van der Waals surface area contributed by atoms with Gasteiger partial charge in [0.2, 0.25) is 0 Å². The number of methoxy groups -OCH3 is 1. The van der Waals surface area contributed by atoms with E-state index in [2.05, 4.69) is 0 Å². The molecule has 2 heterocycles. The highest BCUT2D eigenvalue weighted by atomic mass is 16.5. The highest BCUT2D eigenvalue weighted by molar-refractivity contribution is 5.88. The lowest BCUT2D eigenvalue weighted by Gasteiger charge is -2.06. The van der Waals surface area contributed by atoms with Gasteiger partial charge in [0.15, 0.2) is 0 Å². The normalized spacial score (nSPS) is 11.0. The Morgan fingerprint density at radius 1 is 1.00 bits per heavy atom. The smallest absolute Gasteiger partial charge is 0.336 e. The topological polar surface area (TPSA) is 78.9 Å². The van der Waals surface area contributed by atoms with Crippen LogP contribution in [0.1, 0.15) is 11.1 Å². The fraction of sp³-hybridized carbons (Fsp3) is 0.143. The number of hydrogen-bond donors (Lipinski definition) is 0. The fourth-order valence-electron chi connectivity index (χ4n) is 3.02. The molecular formula is C21H16O6. The zero-order valence-electron chi connectivity index (χ0n) is 14.8. The Bertz CT molecular complexity index is 1210. The molecule has 0 aliphatic carbocycles. The molecule has 0 radical (unpaired) electrons. The van der Waals surface area contributed by atoms with Crippen LogP contribution in [0.4, 0.5) is 0 Å². The predicted molar refractivity (Wildman–Crippen MR) is 99.3 cm³/mol. The third-order valence-corrected chi connectivity index (χ3v) is 4.35. The van der Waals surface area contributed by atoms with Gasteiger partial charge in [0.25, 0.3) is 0 Å². The zero-order valence-corrected chi connectivity index (χ0v) is 14.8. The van der Waals surface area contributed by atoms with Crippen LogP contribution in [-0.4, -0.2) is 13.1 Å². The van der Waals surface area contributed by atoms with Gasteiger partial charge < -0.3 is 18.3 Å². The second kappa shape index (κ2) is 6.64. The van der Waals surface area contributed by atoms with Crippen LogP contribution in [0.15, 0.2) is 62.4 Å². The summed E-state index contributed by atoms with van der Waals surface area (Å²) in [4.78, 5) is 23.9. The summed E-state index contributed by atoms with van der Waals surface area (Å²) in [6.07, 6.45) is 1.59. The Kier molecular flexibility index (Phi) is 4.16. The number of benzene rings is 2. The Morgan fingerprint density at radius 2 is 1.74 bits per heavy atom. The van der Waals surface area contributed by atoms with Gasteiger partial charge in [0, 0.05) is 34.5 Å². The average molecular weight is 364 g/mol. The first kappa shape index (κ1) is 16.9. The maximum Gasteiger partial charge on any atom is 0.336 e. The van der Waals surface area contributed by atoms with E-state index in [4.69, 9.17) is 18.3 Å². The Labute approximate surface area is 153 Å². The van der Waals surface area contributed by atoms with Crippen molar-refractivity contribution in [2.45, 2.75) is 13.3 Å². The van der Waals surface area contributed by atoms with Crippen molar-refractivity contribution in [1.29, 1.82) is 0 Å². The number of hydrogen-bond acceptors (Lipinski definition) is 6. The summed E-state index contributed by atoms with van der Waals surface area (Å²) in [5.74, 6) is 0.553. The number of rotatable bonds is 4. The third kappa shape index (κ3) is 3.29. The van der Waals surface area contributed by atoms with Crippen molar-refractivity contribution < 1.29 is 23.1 Å². The molecule has 2 aromatic carbocycles. The molecule has 0 bridgehead atoms. The first-order chi connectivity index (χ1) is 13.0. The van der Waals surface area contributed by atoms with Gasteiger partial charge in [-0.1, -0.05) is 0 Å². The van der Waals surface area contributed by atoms with E-state index in [1.807, 2.05) is 13.0 Å². The van der Waals surface area contributed by atoms with Crippen LogP contribution in [-0.2, 0) is 11.2 Å². The van der Waals surface area contributed by atoms with Crippen LogP contribution >= 0.6 is 0 Å². The largest absolute Gasteiger partial charge is 0.497 e. The molecule has 0 saturated carbocycles. The highest BCUT2D eigenvalue weighted by Gasteiger charge is 2.14. The van der Waals surface area contributed by atoms with Crippen LogP contribution < -0.4 is 15.1 Å². The van der Waals surface area contributed by atoms with Crippen molar-refractivity contribution in [3.8, 4) is 11.5 Å². The molecule has 136 valence electrons. The number of aryl methyl sites for hydroxylation is 1. The SMILES string of the molecule is COc1ccc2c(CC(=O)Oc3ccc4c(C)cc(=O)oc4c3)coc2c1. The summed E-state index contributed by atoms with van der Waals surface area (Å²) in [6.45, 7) is 1.82. The Balaban J connectivity index is 1.56. The van der Waals surface area contributed by atoms with Crippen molar-refractivity contribution in [3.05, 3.63) is 70.3 Å². The minimum Gasteiger partial charge on any atom is -0.497 e. The summed E-state index contributed by atoms with van der Waals surface area (Å²) in [5.41, 5.74) is 2.11. The van der Waals surface area contributed by atoms with Crippen molar-refractivity contribution in [2.75, 3.05) is 7.11 Å². The number of fused-ring (bicyclic) bond motifs is 2. The second-order valence-corrected chi connectivity index (χ2v) is 6.18. The quantitative estimate of drug-likeness (QED) is 0.309. The maximum atomic E-state index is 12.3. The minimum atomic E-state index is -0.442. The predicted octanol–water partition coefficient (Wildman–Crippen LogP) is 4.00. The molecule has 0 atom stereocenters. The van der Waals surface area contributed by atoms with Gasteiger partial charge in [0.05, 0.1) is 19.8 Å². The molecule has 2 aromatic heterocycles. The average Bonchev–Trinajstić information content (AvgIpc) is 3.03. The number of carbonyl (C=O) groups is 1. The van der Waals surface area contributed by atoms with E-state index in [9.17, 15) is 9.59 Å². The van der Waals surface area contributed by atoms with E-state index < -0.39 is 11.6 Å². The van der Waals surface area contributed by atoms with Crippen molar-refractivity contribution in [3.63, 3.8) is 0 Å². The standard InChI is InChI=1S/C21H16O6/c1-12-7-20(22)27-19-10-15(4-5-16(12)19)26-21(23)8-13-11-25-18-9-14(24-2)3-6-17(13)18/h3-7,9-11H,8H2,1-2H3. The lowest BCUT2D eigenvalue weighted by molar-refractivity contribution is -0.133. The minimum absolute atomic E-state index is 0.0507. The second-order valence-electron chi connectivity index (χ2n) is 6.18. The summed E-state index contributed by atoms with van der Waals surface area (Å²) >= 11 is 0. The van der Waals surface area contributed by atoms with Gasteiger partial charge in [0.1, 0.15) is 22.7 Å².